The number of carbonyl (C=O) groups is 1. The second kappa shape index (κ2) is 3.98. The number of ether oxygens (including phenoxy) is 1. The van der Waals surface area contributed by atoms with Gasteiger partial charge in [-0.05, 0) is 43.3 Å². The summed E-state index contributed by atoms with van der Waals surface area (Å²) in [6.07, 6.45) is 6.56. The Morgan fingerprint density at radius 3 is 2.95 bits per heavy atom. The smallest absolute Gasteiger partial charge is 0.174 e. The number of fused-ring (bicyclic) bond motifs is 1. The molecule has 1 N–H and O–H groups in total. The molecule has 4 rings (SSSR count). The summed E-state index contributed by atoms with van der Waals surface area (Å²) < 4.78 is 5.27. The lowest BCUT2D eigenvalue weighted by Crippen LogP contribution is -2.43. The monoisotopic (exact) mass is 283 g/mol. The van der Waals surface area contributed by atoms with Crippen LogP contribution in [0.5, 0.6) is 11.5 Å². The van der Waals surface area contributed by atoms with E-state index in [1.165, 1.54) is 0 Å². The second-order valence-corrected chi connectivity index (χ2v) is 6.02. The molecule has 0 amide bonds. The zero-order valence-electron chi connectivity index (χ0n) is 12.1. The van der Waals surface area contributed by atoms with Crippen LogP contribution in [0.15, 0.2) is 29.9 Å². The largest absolute Gasteiger partial charge is 0.504 e. The molecule has 0 aromatic heterocycles. The molecule has 2 aliphatic carbocycles. The molecule has 3 aliphatic rings. The van der Waals surface area contributed by atoms with Crippen molar-refractivity contribution in [3.8, 4) is 11.5 Å². The fourth-order valence-corrected chi connectivity index (χ4v) is 4.26. The lowest BCUT2D eigenvalue weighted by molar-refractivity contribution is -0.118. The van der Waals surface area contributed by atoms with Gasteiger partial charge in [-0.2, -0.15) is 0 Å². The summed E-state index contributed by atoms with van der Waals surface area (Å²) in [5.41, 5.74) is 2.41. The highest BCUT2D eigenvalue weighted by atomic mass is 16.5. The number of rotatable bonds is 1. The first-order chi connectivity index (χ1) is 10.1. The molecule has 0 saturated carbocycles. The van der Waals surface area contributed by atoms with Crippen molar-refractivity contribution in [2.45, 2.75) is 17.9 Å². The topological polar surface area (TPSA) is 49.8 Å². The van der Waals surface area contributed by atoms with Gasteiger partial charge in [-0.25, -0.2) is 0 Å². The van der Waals surface area contributed by atoms with E-state index in [-0.39, 0.29) is 17.6 Å². The summed E-state index contributed by atoms with van der Waals surface area (Å²) in [6, 6.07) is 3.51. The number of methoxy groups -OCH3 is 1. The molecule has 0 radical (unpaired) electrons. The molecule has 2 atom stereocenters. The van der Waals surface area contributed by atoms with Crippen LogP contribution in [0.25, 0.3) is 6.08 Å². The highest BCUT2D eigenvalue weighted by Crippen LogP contribution is 2.56. The third-order valence-corrected chi connectivity index (χ3v) is 5.13. The number of allylic oxidation sites excluding steroid dienone is 1. The van der Waals surface area contributed by atoms with Gasteiger partial charge in [0.25, 0.3) is 0 Å². The van der Waals surface area contributed by atoms with E-state index in [0.717, 1.165) is 29.7 Å². The van der Waals surface area contributed by atoms with E-state index >= 15 is 0 Å². The third-order valence-electron chi connectivity index (χ3n) is 5.13. The highest BCUT2D eigenvalue weighted by molar-refractivity contribution is 6.03. The van der Waals surface area contributed by atoms with Crippen molar-refractivity contribution < 1.29 is 14.6 Å². The first-order valence-electron chi connectivity index (χ1n) is 7.14. The van der Waals surface area contributed by atoms with Crippen molar-refractivity contribution in [1.29, 1.82) is 0 Å². The number of benzene rings is 1. The van der Waals surface area contributed by atoms with E-state index in [1.54, 1.807) is 19.3 Å². The molecular weight excluding hydrogens is 266 g/mol. The summed E-state index contributed by atoms with van der Waals surface area (Å²) in [4.78, 5) is 14.5. The molecule has 4 nitrogen and oxygen atoms in total. The molecule has 4 heteroatoms. The number of phenolic OH excluding ortho intramolecular Hbond substituents is 1. The summed E-state index contributed by atoms with van der Waals surface area (Å²) >= 11 is 0. The minimum atomic E-state index is -0.422. The lowest BCUT2D eigenvalue weighted by atomic mass is 9.67. The predicted molar refractivity (Wildman–Crippen MR) is 79.5 cm³/mol. The zero-order chi connectivity index (χ0) is 14.8. The number of ketones is 1. The number of phenols is 1. The van der Waals surface area contributed by atoms with Crippen molar-refractivity contribution in [1.82, 2.24) is 4.90 Å². The molecule has 1 aromatic rings. The Kier molecular flexibility index (Phi) is 2.40. The average molecular weight is 283 g/mol. The Morgan fingerprint density at radius 2 is 2.19 bits per heavy atom. The van der Waals surface area contributed by atoms with Gasteiger partial charge in [-0.3, -0.25) is 9.69 Å². The molecule has 1 aliphatic heterocycles. The maximum atomic E-state index is 12.4. The van der Waals surface area contributed by atoms with Crippen molar-refractivity contribution in [2.24, 2.45) is 0 Å². The number of hydrogen-bond donors (Lipinski definition) is 1. The average Bonchev–Trinajstić information content (AvgIpc) is 2.95. The Morgan fingerprint density at radius 1 is 1.38 bits per heavy atom. The van der Waals surface area contributed by atoms with E-state index in [1.807, 2.05) is 25.3 Å². The molecule has 1 saturated heterocycles. The molecule has 0 bridgehead atoms. The van der Waals surface area contributed by atoms with Crippen molar-refractivity contribution in [3.63, 3.8) is 0 Å². The van der Waals surface area contributed by atoms with E-state index in [9.17, 15) is 9.90 Å². The van der Waals surface area contributed by atoms with Gasteiger partial charge in [0, 0.05) is 11.0 Å². The van der Waals surface area contributed by atoms with Gasteiger partial charge in [-0.1, -0.05) is 18.2 Å². The summed E-state index contributed by atoms with van der Waals surface area (Å²) in [7, 11) is 3.52. The molecule has 1 fully saturated rings. The van der Waals surface area contributed by atoms with Gasteiger partial charge in [0.05, 0.1) is 13.2 Å². The molecule has 1 heterocycles. The maximum Gasteiger partial charge on any atom is 0.174 e. The normalized spacial score (nSPS) is 29.9. The minimum absolute atomic E-state index is 0.129. The number of likely N-dealkylation sites (N-methyl/N-ethyl adjacent to an activating group) is 1. The Hall–Kier alpha value is -2.07. The first kappa shape index (κ1) is 12.7. The third kappa shape index (κ3) is 1.36. The fourth-order valence-electron chi connectivity index (χ4n) is 4.26. The van der Waals surface area contributed by atoms with Gasteiger partial charge in [0.2, 0.25) is 0 Å². The molecule has 1 aromatic carbocycles. The van der Waals surface area contributed by atoms with Crippen LogP contribution in [-0.4, -0.2) is 42.5 Å². The van der Waals surface area contributed by atoms with E-state index < -0.39 is 5.41 Å². The van der Waals surface area contributed by atoms with Crippen molar-refractivity contribution >= 4 is 11.9 Å². The highest BCUT2D eigenvalue weighted by Gasteiger charge is 2.58. The molecular formula is C17H17NO3. The number of hydrogen-bond acceptors (Lipinski definition) is 4. The SMILES string of the molecule is COc1ccc2c(c1O)[C@]13CCN(C)[C@@H]1C(=O)C=C3C=C2. The number of carbonyl (C=O) groups excluding carboxylic acids is 1. The minimum Gasteiger partial charge on any atom is -0.504 e. The Bertz CT molecular complexity index is 719. The van der Waals surface area contributed by atoms with E-state index in [0.29, 0.717) is 5.75 Å². The maximum absolute atomic E-state index is 12.4. The fraction of sp³-hybridized carbons (Fsp3) is 0.353. The van der Waals surface area contributed by atoms with Crippen LogP contribution in [-0.2, 0) is 10.2 Å². The summed E-state index contributed by atoms with van der Waals surface area (Å²) in [6.45, 7) is 0.845. The Balaban J connectivity index is 2.04. The predicted octanol–water partition coefficient (Wildman–Crippen LogP) is 1.88. The standard InChI is InChI=1S/C17H17NO3/c1-18-8-7-17-11(9-12(19)16(17)18)5-3-10-4-6-13(21-2)15(20)14(10)17/h3-6,9,16,20H,7-8H2,1-2H3/t16-,17-/m1/s1. The Labute approximate surface area is 123 Å². The quantitative estimate of drug-likeness (QED) is 0.855. The zero-order valence-corrected chi connectivity index (χ0v) is 12.1. The van der Waals surface area contributed by atoms with E-state index in [4.69, 9.17) is 4.74 Å². The molecule has 1 spiro atoms. The van der Waals surface area contributed by atoms with Gasteiger partial charge in [0.15, 0.2) is 17.3 Å². The number of likely N-dealkylation sites (tertiary alicyclic amines) is 1. The van der Waals surface area contributed by atoms with Gasteiger partial charge in [0.1, 0.15) is 0 Å². The van der Waals surface area contributed by atoms with Crippen LogP contribution >= 0.6 is 0 Å². The van der Waals surface area contributed by atoms with E-state index in [2.05, 4.69) is 4.90 Å². The molecule has 0 unspecified atom stereocenters. The summed E-state index contributed by atoms with van der Waals surface area (Å²) in [5, 5.41) is 10.7. The van der Waals surface area contributed by atoms with Gasteiger partial charge in [-0.15, -0.1) is 0 Å². The van der Waals surface area contributed by atoms with Crippen LogP contribution in [0.1, 0.15) is 17.5 Å². The van der Waals surface area contributed by atoms with Crippen LogP contribution in [0.4, 0.5) is 0 Å². The van der Waals surface area contributed by atoms with Crippen LogP contribution in [0.3, 0.4) is 0 Å². The van der Waals surface area contributed by atoms with Crippen molar-refractivity contribution in [2.75, 3.05) is 20.7 Å². The van der Waals surface area contributed by atoms with Gasteiger partial charge >= 0.3 is 0 Å². The van der Waals surface area contributed by atoms with Crippen molar-refractivity contribution in [3.05, 3.63) is 41.0 Å². The first-order valence-corrected chi connectivity index (χ1v) is 7.14. The van der Waals surface area contributed by atoms with Gasteiger partial charge < -0.3 is 9.84 Å². The second-order valence-electron chi connectivity index (χ2n) is 6.02. The van der Waals surface area contributed by atoms with Crippen LogP contribution < -0.4 is 4.74 Å². The lowest BCUT2D eigenvalue weighted by Gasteiger charge is -2.37. The molecule has 108 valence electrons. The summed E-state index contributed by atoms with van der Waals surface area (Å²) in [5.74, 6) is 0.760. The molecule has 21 heavy (non-hydrogen) atoms. The number of aromatic hydroxyl groups is 1. The van der Waals surface area contributed by atoms with Crippen LogP contribution in [0, 0.1) is 0 Å². The van der Waals surface area contributed by atoms with Crippen LogP contribution in [0.2, 0.25) is 0 Å². The number of nitrogens with zero attached hydrogens (tertiary/aromatic N) is 1.